The van der Waals surface area contributed by atoms with Crippen LogP contribution < -0.4 is 10.2 Å². The predicted molar refractivity (Wildman–Crippen MR) is 97.5 cm³/mol. The van der Waals surface area contributed by atoms with E-state index in [0.717, 1.165) is 24.2 Å². The van der Waals surface area contributed by atoms with Crippen LogP contribution in [0.15, 0.2) is 52.0 Å². The summed E-state index contributed by atoms with van der Waals surface area (Å²) in [5, 5.41) is 13.3. The Morgan fingerprint density at radius 1 is 1.29 bits per heavy atom. The molecule has 24 heavy (non-hydrogen) atoms. The first-order chi connectivity index (χ1) is 11.6. The van der Waals surface area contributed by atoms with E-state index in [0.29, 0.717) is 10.9 Å². The molecular weight excluding hydrogens is 372 g/mol. The monoisotopic (exact) mass is 390 g/mol. The van der Waals surface area contributed by atoms with Crippen molar-refractivity contribution in [3.63, 3.8) is 0 Å². The molecule has 0 bridgehead atoms. The summed E-state index contributed by atoms with van der Waals surface area (Å²) < 4.78 is 5.69. The van der Waals surface area contributed by atoms with Gasteiger partial charge in [0, 0.05) is 6.42 Å². The van der Waals surface area contributed by atoms with Crippen molar-refractivity contribution in [3.8, 4) is 11.5 Å². The molecule has 2 aromatic carbocycles. The van der Waals surface area contributed by atoms with E-state index in [9.17, 15) is 9.90 Å². The maximum atomic E-state index is 11.8. The third-order valence-corrected chi connectivity index (χ3v) is 4.04. The SMILES string of the molecule is COc1ccc(CCCC(=O)N/N=C\c2ccc(O)c(Br)c2)cc1. The molecule has 0 saturated heterocycles. The second kappa shape index (κ2) is 9.08. The summed E-state index contributed by atoms with van der Waals surface area (Å²) in [5.41, 5.74) is 4.45. The summed E-state index contributed by atoms with van der Waals surface area (Å²) in [6.45, 7) is 0. The van der Waals surface area contributed by atoms with Gasteiger partial charge in [-0.25, -0.2) is 5.43 Å². The molecule has 2 aromatic rings. The number of methoxy groups -OCH3 is 1. The average molecular weight is 391 g/mol. The fraction of sp³-hybridized carbons (Fsp3) is 0.222. The molecule has 6 heteroatoms. The zero-order chi connectivity index (χ0) is 17.4. The van der Waals surface area contributed by atoms with Crippen LogP contribution in [0, 0.1) is 0 Å². The Hall–Kier alpha value is -2.34. The van der Waals surface area contributed by atoms with E-state index >= 15 is 0 Å². The van der Waals surface area contributed by atoms with Crippen molar-refractivity contribution in [1.82, 2.24) is 5.43 Å². The molecule has 0 unspecified atom stereocenters. The molecule has 5 nitrogen and oxygen atoms in total. The molecule has 0 radical (unpaired) electrons. The normalized spacial score (nSPS) is 10.8. The number of aromatic hydroxyl groups is 1. The van der Waals surface area contributed by atoms with Gasteiger partial charge in [0.1, 0.15) is 11.5 Å². The Morgan fingerprint density at radius 3 is 2.71 bits per heavy atom. The topological polar surface area (TPSA) is 70.9 Å². The molecule has 0 atom stereocenters. The first-order valence-corrected chi connectivity index (χ1v) is 8.31. The third-order valence-electron chi connectivity index (χ3n) is 3.40. The Kier molecular flexibility index (Phi) is 6.81. The Labute approximate surface area is 149 Å². The molecule has 2 N–H and O–H groups in total. The van der Waals surface area contributed by atoms with Crippen LogP contribution in [0.5, 0.6) is 11.5 Å². The smallest absolute Gasteiger partial charge is 0.240 e. The van der Waals surface area contributed by atoms with Crippen LogP contribution in [0.4, 0.5) is 0 Å². The number of amides is 1. The van der Waals surface area contributed by atoms with Crippen LogP contribution in [0.3, 0.4) is 0 Å². The first kappa shape index (κ1) is 18.0. The molecule has 0 aliphatic carbocycles. The van der Waals surface area contributed by atoms with Gasteiger partial charge in [-0.15, -0.1) is 0 Å². The van der Waals surface area contributed by atoms with Crippen molar-refractivity contribution in [1.29, 1.82) is 0 Å². The van der Waals surface area contributed by atoms with Crippen molar-refractivity contribution in [3.05, 3.63) is 58.1 Å². The van der Waals surface area contributed by atoms with Gasteiger partial charge >= 0.3 is 0 Å². The number of hydrogen-bond acceptors (Lipinski definition) is 4. The number of carbonyl (C=O) groups is 1. The number of hydrazone groups is 1. The molecule has 0 heterocycles. The quantitative estimate of drug-likeness (QED) is 0.559. The Bertz CT molecular complexity index is 715. The highest BCUT2D eigenvalue weighted by molar-refractivity contribution is 9.10. The minimum absolute atomic E-state index is 0.127. The molecular formula is C18H19BrN2O3. The van der Waals surface area contributed by atoms with Crippen molar-refractivity contribution in [2.75, 3.05) is 7.11 Å². The number of hydrogen-bond donors (Lipinski definition) is 2. The summed E-state index contributed by atoms with van der Waals surface area (Å²) in [7, 11) is 1.64. The van der Waals surface area contributed by atoms with E-state index in [1.165, 1.54) is 11.8 Å². The molecule has 126 valence electrons. The zero-order valence-corrected chi connectivity index (χ0v) is 14.9. The van der Waals surface area contributed by atoms with Gasteiger partial charge in [-0.2, -0.15) is 5.10 Å². The van der Waals surface area contributed by atoms with Crippen LogP contribution in [-0.2, 0) is 11.2 Å². The number of ether oxygens (including phenoxy) is 1. The van der Waals surface area contributed by atoms with E-state index < -0.39 is 0 Å². The average Bonchev–Trinajstić information content (AvgIpc) is 2.59. The number of phenolic OH excluding ortho intramolecular Hbond substituents is 1. The van der Waals surface area contributed by atoms with Gasteiger partial charge in [0.25, 0.3) is 0 Å². The fourth-order valence-corrected chi connectivity index (χ4v) is 2.48. The number of halogens is 1. The molecule has 2 rings (SSSR count). The third kappa shape index (κ3) is 5.70. The Morgan fingerprint density at radius 2 is 2.04 bits per heavy atom. The lowest BCUT2D eigenvalue weighted by Crippen LogP contribution is -2.17. The van der Waals surface area contributed by atoms with Crippen LogP contribution >= 0.6 is 15.9 Å². The van der Waals surface area contributed by atoms with Crippen LogP contribution in [0.25, 0.3) is 0 Å². The zero-order valence-electron chi connectivity index (χ0n) is 13.3. The number of aryl methyl sites for hydroxylation is 1. The van der Waals surface area contributed by atoms with E-state index in [1.807, 2.05) is 24.3 Å². The predicted octanol–water partition coefficient (Wildman–Crippen LogP) is 3.64. The second-order valence-electron chi connectivity index (χ2n) is 5.21. The molecule has 1 amide bonds. The number of nitrogens with zero attached hydrogens (tertiary/aromatic N) is 1. The summed E-state index contributed by atoms with van der Waals surface area (Å²) in [6, 6.07) is 12.8. The molecule has 0 aromatic heterocycles. The van der Waals surface area contributed by atoms with E-state index in [4.69, 9.17) is 4.74 Å². The van der Waals surface area contributed by atoms with E-state index in [-0.39, 0.29) is 11.7 Å². The Balaban J connectivity index is 1.72. The summed E-state index contributed by atoms with van der Waals surface area (Å²) in [4.78, 5) is 11.8. The van der Waals surface area contributed by atoms with Crippen LogP contribution in [0.2, 0.25) is 0 Å². The van der Waals surface area contributed by atoms with Gasteiger partial charge in [-0.3, -0.25) is 4.79 Å². The van der Waals surface area contributed by atoms with E-state index in [1.54, 1.807) is 25.3 Å². The van der Waals surface area contributed by atoms with Gasteiger partial charge in [0.2, 0.25) is 5.91 Å². The summed E-state index contributed by atoms with van der Waals surface area (Å²) in [6.07, 6.45) is 3.51. The van der Waals surface area contributed by atoms with Crippen LogP contribution in [0.1, 0.15) is 24.0 Å². The minimum atomic E-state index is -0.127. The van der Waals surface area contributed by atoms with Gasteiger partial charge in [-0.1, -0.05) is 12.1 Å². The van der Waals surface area contributed by atoms with Crippen molar-refractivity contribution < 1.29 is 14.6 Å². The molecule has 0 spiro atoms. The molecule has 0 saturated carbocycles. The lowest BCUT2D eigenvalue weighted by Gasteiger charge is -2.03. The van der Waals surface area contributed by atoms with Crippen molar-refractivity contribution >= 4 is 28.1 Å². The number of nitrogens with one attached hydrogen (secondary N) is 1. The highest BCUT2D eigenvalue weighted by atomic mass is 79.9. The van der Waals surface area contributed by atoms with E-state index in [2.05, 4.69) is 26.5 Å². The number of rotatable bonds is 7. The highest BCUT2D eigenvalue weighted by Gasteiger charge is 2.01. The maximum Gasteiger partial charge on any atom is 0.240 e. The minimum Gasteiger partial charge on any atom is -0.507 e. The number of benzene rings is 2. The van der Waals surface area contributed by atoms with Gasteiger partial charge in [-0.05, 0) is 70.2 Å². The molecule has 0 fully saturated rings. The fourth-order valence-electron chi connectivity index (χ4n) is 2.08. The first-order valence-electron chi connectivity index (χ1n) is 7.52. The lowest BCUT2D eigenvalue weighted by molar-refractivity contribution is -0.121. The lowest BCUT2D eigenvalue weighted by atomic mass is 10.1. The van der Waals surface area contributed by atoms with Gasteiger partial charge in [0.05, 0.1) is 17.8 Å². The maximum absolute atomic E-state index is 11.8. The molecule has 0 aliphatic rings. The van der Waals surface area contributed by atoms with Crippen molar-refractivity contribution in [2.45, 2.75) is 19.3 Å². The summed E-state index contributed by atoms with van der Waals surface area (Å²) >= 11 is 3.23. The molecule has 0 aliphatic heterocycles. The summed E-state index contributed by atoms with van der Waals surface area (Å²) in [5.74, 6) is 0.860. The highest BCUT2D eigenvalue weighted by Crippen LogP contribution is 2.23. The second-order valence-corrected chi connectivity index (χ2v) is 6.06. The standard InChI is InChI=1S/C18H19BrN2O3/c1-24-15-8-5-13(6-9-15)3-2-4-18(23)21-20-12-14-7-10-17(22)16(19)11-14/h5-12,22H,2-4H2,1H3,(H,21,23)/b20-12-. The largest absolute Gasteiger partial charge is 0.507 e. The van der Waals surface area contributed by atoms with Gasteiger partial charge < -0.3 is 9.84 Å². The number of carbonyl (C=O) groups excluding carboxylic acids is 1. The van der Waals surface area contributed by atoms with Crippen molar-refractivity contribution in [2.24, 2.45) is 5.10 Å². The van der Waals surface area contributed by atoms with Gasteiger partial charge in [0.15, 0.2) is 0 Å². The number of phenols is 1. The van der Waals surface area contributed by atoms with Crippen LogP contribution in [-0.4, -0.2) is 24.3 Å².